The van der Waals surface area contributed by atoms with Crippen LogP contribution in [0.15, 0.2) is 23.2 Å². The fourth-order valence-electron chi connectivity index (χ4n) is 2.47. The molecule has 2 rings (SSSR count). The summed E-state index contributed by atoms with van der Waals surface area (Å²) in [7, 11) is 0. The molecule has 0 amide bonds. The number of guanidine groups is 1. The van der Waals surface area contributed by atoms with E-state index in [9.17, 15) is 0 Å². The molecule has 3 nitrogen and oxygen atoms in total. The number of benzene rings is 1. The lowest BCUT2D eigenvalue weighted by Crippen LogP contribution is -2.41. The van der Waals surface area contributed by atoms with Crippen LogP contribution < -0.4 is 10.6 Å². The van der Waals surface area contributed by atoms with Gasteiger partial charge in [0, 0.05) is 0 Å². The molecule has 1 aromatic rings. The molecule has 1 aliphatic heterocycles. The summed E-state index contributed by atoms with van der Waals surface area (Å²) in [5, 5.41) is 8.01. The minimum atomic E-state index is 0.356. The van der Waals surface area contributed by atoms with E-state index in [1.165, 1.54) is 0 Å². The normalized spacial score (nSPS) is 22.1. The number of aliphatic imine (C=N–C) groups is 1. The number of nitrogens with one attached hydrogen (secondary N) is 2. The zero-order valence-electron chi connectivity index (χ0n) is 12.2. The van der Waals surface area contributed by atoms with Crippen LogP contribution in [-0.4, -0.2) is 18.0 Å². The molecular formula is C15H21Cl2N3. The first-order valence-corrected chi connectivity index (χ1v) is 7.71. The topological polar surface area (TPSA) is 36.4 Å². The molecule has 0 bridgehead atoms. The Kier molecular flexibility index (Phi) is 4.82. The minimum Gasteiger partial charge on any atom is -0.351 e. The summed E-state index contributed by atoms with van der Waals surface area (Å²) in [6.07, 6.45) is 0. The zero-order chi connectivity index (χ0) is 14.9. The molecule has 1 heterocycles. The van der Waals surface area contributed by atoms with E-state index in [4.69, 9.17) is 23.2 Å². The Labute approximate surface area is 130 Å². The smallest absolute Gasteiger partial charge is 0.197 e. The van der Waals surface area contributed by atoms with Crippen LogP contribution in [0.1, 0.15) is 27.7 Å². The Morgan fingerprint density at radius 1 is 0.950 bits per heavy atom. The van der Waals surface area contributed by atoms with E-state index in [2.05, 4.69) is 43.3 Å². The molecule has 0 aliphatic carbocycles. The number of halogens is 2. The van der Waals surface area contributed by atoms with Crippen LogP contribution in [0, 0.1) is 11.8 Å². The summed E-state index contributed by atoms with van der Waals surface area (Å²) in [5.74, 6) is 1.78. The number of para-hydroxylation sites is 1. The summed E-state index contributed by atoms with van der Waals surface area (Å²) in [5.41, 5.74) is 0.609. The summed E-state index contributed by atoms with van der Waals surface area (Å²) >= 11 is 12.3. The van der Waals surface area contributed by atoms with Gasteiger partial charge in [-0.05, 0) is 24.0 Å². The fraction of sp³-hybridized carbons (Fsp3) is 0.533. The van der Waals surface area contributed by atoms with Crippen LogP contribution >= 0.6 is 23.2 Å². The van der Waals surface area contributed by atoms with Gasteiger partial charge >= 0.3 is 0 Å². The standard InChI is InChI=1S/C15H21Cl2N3/c1-8(2)12-13(9(3)4)19-15(18-12)20-14-10(16)6-5-7-11(14)17/h5-9,12-13H,1-4H3,(H2,18,19,20)/t12-,13-/m1/s1. The molecule has 0 saturated carbocycles. The minimum absolute atomic E-state index is 0.356. The number of rotatable bonds is 3. The Morgan fingerprint density at radius 2 is 1.40 bits per heavy atom. The van der Waals surface area contributed by atoms with Gasteiger partial charge < -0.3 is 10.6 Å². The quantitative estimate of drug-likeness (QED) is 0.876. The fourth-order valence-corrected chi connectivity index (χ4v) is 2.95. The van der Waals surface area contributed by atoms with Crippen molar-refractivity contribution in [2.24, 2.45) is 16.8 Å². The Balaban J connectivity index is 2.29. The Morgan fingerprint density at radius 3 is 1.80 bits per heavy atom. The van der Waals surface area contributed by atoms with Gasteiger partial charge in [-0.25, -0.2) is 4.99 Å². The number of hydrogen-bond donors (Lipinski definition) is 2. The van der Waals surface area contributed by atoms with Gasteiger partial charge in [-0.2, -0.15) is 0 Å². The highest BCUT2D eigenvalue weighted by Crippen LogP contribution is 2.33. The first-order chi connectivity index (χ1) is 9.40. The molecule has 0 radical (unpaired) electrons. The van der Waals surface area contributed by atoms with Crippen molar-refractivity contribution < 1.29 is 0 Å². The Hall–Kier alpha value is -0.930. The highest BCUT2D eigenvalue weighted by Gasteiger charge is 2.34. The van der Waals surface area contributed by atoms with Gasteiger partial charge in [0.1, 0.15) is 5.69 Å². The van der Waals surface area contributed by atoms with Crippen molar-refractivity contribution in [3.8, 4) is 0 Å². The molecular weight excluding hydrogens is 293 g/mol. The van der Waals surface area contributed by atoms with E-state index in [1.807, 2.05) is 6.07 Å². The molecule has 1 aromatic carbocycles. The molecule has 0 spiro atoms. The zero-order valence-corrected chi connectivity index (χ0v) is 13.8. The predicted molar refractivity (Wildman–Crippen MR) is 87.1 cm³/mol. The highest BCUT2D eigenvalue weighted by atomic mass is 35.5. The second kappa shape index (κ2) is 6.23. The molecule has 0 aromatic heterocycles. The van der Waals surface area contributed by atoms with Crippen LogP contribution in [0.3, 0.4) is 0 Å². The molecule has 1 saturated heterocycles. The van der Waals surface area contributed by atoms with E-state index in [0.29, 0.717) is 39.7 Å². The van der Waals surface area contributed by atoms with Crippen molar-refractivity contribution in [2.45, 2.75) is 39.8 Å². The lowest BCUT2D eigenvalue weighted by molar-refractivity contribution is 0.337. The van der Waals surface area contributed by atoms with Gasteiger partial charge in [-0.3, -0.25) is 0 Å². The largest absolute Gasteiger partial charge is 0.351 e. The van der Waals surface area contributed by atoms with E-state index in [1.54, 1.807) is 12.1 Å². The maximum Gasteiger partial charge on any atom is 0.197 e. The van der Waals surface area contributed by atoms with Crippen molar-refractivity contribution in [1.82, 2.24) is 10.6 Å². The van der Waals surface area contributed by atoms with Gasteiger partial charge in [-0.15, -0.1) is 0 Å². The summed E-state index contributed by atoms with van der Waals surface area (Å²) in [6.45, 7) is 8.83. The molecule has 1 aliphatic rings. The van der Waals surface area contributed by atoms with Crippen molar-refractivity contribution in [1.29, 1.82) is 0 Å². The molecule has 1 fully saturated rings. The third kappa shape index (κ3) is 3.21. The lowest BCUT2D eigenvalue weighted by atomic mass is 9.90. The highest BCUT2D eigenvalue weighted by molar-refractivity contribution is 6.38. The van der Waals surface area contributed by atoms with Gasteiger partial charge in [0.25, 0.3) is 0 Å². The van der Waals surface area contributed by atoms with Crippen molar-refractivity contribution in [3.05, 3.63) is 28.2 Å². The molecule has 110 valence electrons. The van der Waals surface area contributed by atoms with Gasteiger partial charge in [0.15, 0.2) is 5.96 Å². The molecule has 2 N–H and O–H groups in total. The maximum absolute atomic E-state index is 6.16. The van der Waals surface area contributed by atoms with E-state index < -0.39 is 0 Å². The van der Waals surface area contributed by atoms with Crippen LogP contribution in [0.25, 0.3) is 0 Å². The Bertz CT molecular complexity index is 474. The summed E-state index contributed by atoms with van der Waals surface area (Å²) in [4.78, 5) is 4.55. The summed E-state index contributed by atoms with van der Waals surface area (Å²) in [6, 6.07) is 6.12. The molecule has 0 unspecified atom stereocenters. The van der Waals surface area contributed by atoms with Crippen LogP contribution in [0.2, 0.25) is 10.0 Å². The van der Waals surface area contributed by atoms with Crippen molar-refractivity contribution in [3.63, 3.8) is 0 Å². The average molecular weight is 314 g/mol. The van der Waals surface area contributed by atoms with Crippen LogP contribution in [0.4, 0.5) is 5.69 Å². The van der Waals surface area contributed by atoms with Crippen molar-refractivity contribution >= 4 is 34.8 Å². The molecule has 2 atom stereocenters. The van der Waals surface area contributed by atoms with Crippen LogP contribution in [-0.2, 0) is 0 Å². The van der Waals surface area contributed by atoms with Gasteiger partial charge in [-0.1, -0.05) is 57.0 Å². The van der Waals surface area contributed by atoms with Crippen LogP contribution in [0.5, 0.6) is 0 Å². The summed E-state index contributed by atoms with van der Waals surface area (Å²) < 4.78 is 0. The molecule has 5 heteroatoms. The number of hydrogen-bond acceptors (Lipinski definition) is 1. The monoisotopic (exact) mass is 313 g/mol. The first-order valence-electron chi connectivity index (χ1n) is 6.96. The van der Waals surface area contributed by atoms with E-state index in [-0.39, 0.29) is 0 Å². The van der Waals surface area contributed by atoms with Gasteiger partial charge in [0.2, 0.25) is 0 Å². The second-order valence-corrected chi connectivity index (χ2v) is 6.67. The average Bonchev–Trinajstić information content (AvgIpc) is 2.78. The first kappa shape index (κ1) is 15.5. The van der Waals surface area contributed by atoms with Gasteiger partial charge in [0.05, 0.1) is 22.1 Å². The molecule has 20 heavy (non-hydrogen) atoms. The lowest BCUT2D eigenvalue weighted by Gasteiger charge is -2.24. The number of nitrogens with zero attached hydrogens (tertiary/aromatic N) is 1. The third-order valence-electron chi connectivity index (χ3n) is 3.59. The maximum atomic E-state index is 6.16. The SMILES string of the molecule is CC(C)[C@H]1NC(=Nc2c(Cl)cccc2Cl)N[C@@H]1C(C)C. The van der Waals surface area contributed by atoms with E-state index >= 15 is 0 Å². The van der Waals surface area contributed by atoms with Crippen molar-refractivity contribution in [2.75, 3.05) is 0 Å². The third-order valence-corrected chi connectivity index (χ3v) is 4.20. The van der Waals surface area contributed by atoms with E-state index in [0.717, 1.165) is 5.96 Å². The predicted octanol–water partition coefficient (Wildman–Crippen LogP) is 4.22. The second-order valence-electron chi connectivity index (χ2n) is 5.86.